The molecule has 0 aromatic rings. The molecule has 0 saturated carbocycles. The Bertz CT molecular complexity index is 235. The Hall–Kier alpha value is -0.820. The Kier molecular flexibility index (Phi) is 2.60. The molecule has 2 heterocycles. The molecule has 14 heavy (non-hydrogen) atoms. The molecule has 0 aromatic heterocycles. The molecule has 4 N–H and O–H groups in total. The minimum Gasteiger partial charge on any atom is -0.394 e. The second-order valence-corrected chi connectivity index (χ2v) is 3.42. The second-order valence-electron chi connectivity index (χ2n) is 3.42. The van der Waals surface area contributed by atoms with Crippen LogP contribution in [0.1, 0.15) is 6.42 Å². The topological polar surface area (TPSA) is 85.2 Å². The maximum atomic E-state index is 9.47. The molecule has 0 aliphatic carbocycles. The fourth-order valence-corrected chi connectivity index (χ4v) is 1.70. The van der Waals surface area contributed by atoms with Crippen LogP contribution in [0.4, 0.5) is 0 Å². The van der Waals surface area contributed by atoms with Crippen LogP contribution in [0.5, 0.6) is 0 Å². The molecule has 1 saturated heterocycles. The minimum atomic E-state index is -0.815. The van der Waals surface area contributed by atoms with E-state index in [0.29, 0.717) is 6.42 Å². The molecule has 6 nitrogen and oxygen atoms in total. The van der Waals surface area contributed by atoms with Gasteiger partial charge in [0.25, 0.3) is 0 Å². The zero-order valence-corrected chi connectivity index (χ0v) is 7.58. The molecule has 4 atom stereocenters. The third kappa shape index (κ3) is 1.57. The number of nitrogens with one attached hydrogen (secondary N) is 1. The van der Waals surface area contributed by atoms with Gasteiger partial charge in [-0.2, -0.15) is 0 Å². The van der Waals surface area contributed by atoms with Gasteiger partial charge in [0.05, 0.1) is 12.7 Å². The van der Waals surface area contributed by atoms with Crippen LogP contribution in [0.25, 0.3) is 0 Å². The Morgan fingerprint density at radius 2 is 2.29 bits per heavy atom. The molecular weight excluding hydrogens is 188 g/mol. The first-order valence-electron chi connectivity index (χ1n) is 4.55. The molecule has 1 fully saturated rings. The minimum absolute atomic E-state index is 0.210. The highest BCUT2D eigenvalue weighted by Crippen LogP contribution is 2.25. The summed E-state index contributed by atoms with van der Waals surface area (Å²) in [6.07, 6.45) is 1.21. The fraction of sp³-hybridized carbons (Fsp3) is 0.750. The summed E-state index contributed by atoms with van der Waals surface area (Å²) in [7, 11) is 0. The standard InChI is InChI=1S/C8H14N2O4/c11-4-6-5(12)3-7(14-6)10-2-1-9-8(10)13/h1-2,5-9,11-13H,3-4H2/t5?,6-,7?,8?/m1/s1. The van der Waals surface area contributed by atoms with E-state index in [9.17, 15) is 10.2 Å². The van der Waals surface area contributed by atoms with Crippen LogP contribution in [0, 0.1) is 0 Å². The molecule has 0 radical (unpaired) electrons. The lowest BCUT2D eigenvalue weighted by atomic mass is 10.2. The molecule has 0 spiro atoms. The van der Waals surface area contributed by atoms with Crippen molar-refractivity contribution in [1.82, 2.24) is 10.2 Å². The predicted octanol–water partition coefficient (Wildman–Crippen LogP) is -1.89. The monoisotopic (exact) mass is 202 g/mol. The Morgan fingerprint density at radius 1 is 1.50 bits per heavy atom. The van der Waals surface area contributed by atoms with Crippen molar-refractivity contribution in [2.45, 2.75) is 31.2 Å². The molecule has 2 aliphatic heterocycles. The van der Waals surface area contributed by atoms with E-state index < -0.39 is 18.6 Å². The van der Waals surface area contributed by atoms with Gasteiger partial charge in [-0.05, 0) is 0 Å². The lowest BCUT2D eigenvalue weighted by Crippen LogP contribution is -2.41. The summed E-state index contributed by atoms with van der Waals surface area (Å²) in [5.74, 6) is 0. The Balaban J connectivity index is 1.97. The third-order valence-electron chi connectivity index (χ3n) is 2.49. The molecule has 2 rings (SSSR count). The van der Waals surface area contributed by atoms with Crippen LogP contribution in [0.3, 0.4) is 0 Å². The molecule has 0 amide bonds. The summed E-state index contributed by atoms with van der Waals surface area (Å²) in [4.78, 5) is 1.55. The van der Waals surface area contributed by atoms with Gasteiger partial charge in [0.1, 0.15) is 12.3 Å². The molecule has 0 aromatic carbocycles. The van der Waals surface area contributed by atoms with Crippen molar-refractivity contribution in [3.63, 3.8) is 0 Å². The van der Waals surface area contributed by atoms with E-state index in [1.165, 1.54) is 0 Å². The largest absolute Gasteiger partial charge is 0.394 e. The molecule has 80 valence electrons. The summed E-state index contributed by atoms with van der Waals surface area (Å²) in [5, 5.41) is 30.4. The first-order chi connectivity index (χ1) is 6.72. The maximum absolute atomic E-state index is 9.47. The number of rotatable bonds is 2. The normalized spacial score (nSPS) is 41.8. The summed E-state index contributed by atoms with van der Waals surface area (Å²) < 4.78 is 5.35. The predicted molar refractivity (Wildman–Crippen MR) is 46.5 cm³/mol. The van der Waals surface area contributed by atoms with E-state index in [0.717, 1.165) is 0 Å². The quantitative estimate of drug-likeness (QED) is 0.419. The van der Waals surface area contributed by atoms with Crippen LogP contribution in [-0.2, 0) is 4.74 Å². The zero-order valence-electron chi connectivity index (χ0n) is 7.58. The van der Waals surface area contributed by atoms with Crippen molar-refractivity contribution < 1.29 is 20.1 Å². The van der Waals surface area contributed by atoms with Gasteiger partial charge < -0.3 is 30.3 Å². The summed E-state index contributed by atoms with van der Waals surface area (Å²) in [5.41, 5.74) is 0. The average molecular weight is 202 g/mol. The van der Waals surface area contributed by atoms with Gasteiger partial charge >= 0.3 is 0 Å². The maximum Gasteiger partial charge on any atom is 0.206 e. The van der Waals surface area contributed by atoms with E-state index in [-0.39, 0.29) is 12.8 Å². The smallest absolute Gasteiger partial charge is 0.206 e. The number of hydrogen-bond acceptors (Lipinski definition) is 6. The van der Waals surface area contributed by atoms with E-state index in [2.05, 4.69) is 5.32 Å². The number of aliphatic hydroxyl groups is 3. The van der Waals surface area contributed by atoms with Gasteiger partial charge in [-0.15, -0.1) is 0 Å². The van der Waals surface area contributed by atoms with Gasteiger partial charge in [-0.25, -0.2) is 0 Å². The van der Waals surface area contributed by atoms with Crippen LogP contribution in [0.15, 0.2) is 12.4 Å². The highest BCUT2D eigenvalue weighted by atomic mass is 16.5. The Labute approximate surface area is 81.4 Å². The first kappa shape index (κ1) is 9.72. The van der Waals surface area contributed by atoms with Crippen LogP contribution >= 0.6 is 0 Å². The molecule has 2 aliphatic rings. The SMILES string of the molecule is OC[C@H]1OC(N2C=CNC2O)CC1O. The third-order valence-corrected chi connectivity index (χ3v) is 2.49. The van der Waals surface area contributed by atoms with E-state index in [1.54, 1.807) is 17.3 Å². The van der Waals surface area contributed by atoms with E-state index in [4.69, 9.17) is 9.84 Å². The summed E-state index contributed by atoms with van der Waals surface area (Å²) >= 11 is 0. The number of ether oxygens (including phenoxy) is 1. The van der Waals surface area contributed by atoms with Crippen molar-refractivity contribution >= 4 is 0 Å². The van der Waals surface area contributed by atoms with Crippen molar-refractivity contribution in [2.24, 2.45) is 0 Å². The highest BCUT2D eigenvalue weighted by Gasteiger charge is 2.38. The lowest BCUT2D eigenvalue weighted by Gasteiger charge is -2.26. The van der Waals surface area contributed by atoms with Crippen LogP contribution in [-0.4, -0.2) is 51.6 Å². The highest BCUT2D eigenvalue weighted by molar-refractivity contribution is 4.94. The number of hydrogen-bond donors (Lipinski definition) is 4. The zero-order chi connectivity index (χ0) is 10.1. The van der Waals surface area contributed by atoms with Crippen molar-refractivity contribution in [1.29, 1.82) is 0 Å². The van der Waals surface area contributed by atoms with Gasteiger partial charge in [-0.3, -0.25) is 0 Å². The molecule has 6 heteroatoms. The van der Waals surface area contributed by atoms with Crippen molar-refractivity contribution in [3.8, 4) is 0 Å². The summed E-state index contributed by atoms with van der Waals surface area (Å²) in [6.45, 7) is -0.210. The van der Waals surface area contributed by atoms with Crippen LogP contribution < -0.4 is 5.32 Å². The van der Waals surface area contributed by atoms with Gasteiger partial charge in [0, 0.05) is 18.8 Å². The van der Waals surface area contributed by atoms with E-state index >= 15 is 0 Å². The number of nitrogens with zero attached hydrogens (tertiary/aromatic N) is 1. The molecular formula is C8H14N2O4. The second kappa shape index (κ2) is 3.74. The molecule has 0 bridgehead atoms. The van der Waals surface area contributed by atoms with Gasteiger partial charge in [0.15, 0.2) is 0 Å². The first-order valence-corrected chi connectivity index (χ1v) is 4.55. The van der Waals surface area contributed by atoms with Crippen LogP contribution in [0.2, 0.25) is 0 Å². The number of aliphatic hydroxyl groups excluding tert-OH is 3. The van der Waals surface area contributed by atoms with E-state index in [1.807, 2.05) is 0 Å². The molecule has 3 unspecified atom stereocenters. The van der Waals surface area contributed by atoms with Crippen molar-refractivity contribution in [3.05, 3.63) is 12.4 Å². The van der Waals surface area contributed by atoms with Crippen molar-refractivity contribution in [2.75, 3.05) is 6.61 Å². The fourth-order valence-electron chi connectivity index (χ4n) is 1.70. The average Bonchev–Trinajstić information content (AvgIpc) is 2.71. The van der Waals surface area contributed by atoms with Gasteiger partial charge in [0.2, 0.25) is 6.35 Å². The lowest BCUT2D eigenvalue weighted by molar-refractivity contribution is -0.110. The van der Waals surface area contributed by atoms with Gasteiger partial charge in [-0.1, -0.05) is 0 Å². The summed E-state index contributed by atoms with van der Waals surface area (Å²) in [6, 6.07) is 0. The Morgan fingerprint density at radius 3 is 2.79 bits per heavy atom.